The van der Waals surface area contributed by atoms with E-state index < -0.39 is 0 Å². The van der Waals surface area contributed by atoms with Gasteiger partial charge >= 0.3 is 0 Å². The van der Waals surface area contributed by atoms with Gasteiger partial charge in [0.15, 0.2) is 0 Å². The van der Waals surface area contributed by atoms with Gasteiger partial charge in [-0.2, -0.15) is 0 Å². The van der Waals surface area contributed by atoms with E-state index in [1.165, 1.54) is 5.56 Å². The number of nitrogens with zero attached hydrogens (tertiary/aromatic N) is 2. The number of pyridine rings is 1. The predicted octanol–water partition coefficient (Wildman–Crippen LogP) is 5.42. The number of benzene rings is 2. The second kappa shape index (κ2) is 7.73. The van der Waals surface area contributed by atoms with Gasteiger partial charge in [0.1, 0.15) is 5.52 Å². The summed E-state index contributed by atoms with van der Waals surface area (Å²) in [5, 5.41) is 4.72. The Morgan fingerprint density at radius 2 is 1.77 bits per heavy atom. The van der Waals surface area contributed by atoms with E-state index in [1.54, 1.807) is 6.20 Å². The van der Waals surface area contributed by atoms with Gasteiger partial charge in [0.25, 0.3) is 11.5 Å². The molecule has 0 unspecified atom stereocenters. The standard InChI is InChI=1S/C26H27N3O2/c1-3-17-12-14-18(15-13-17)27-25(30)21-16-29(19-8-4-5-9-19)26(31)24-23(21)20-10-6-7-11-22(20)28(24)2/h6-7,10-16,19H,3-5,8-9H2,1-2H3,(H,27,30). The van der Waals surface area contributed by atoms with Crippen molar-refractivity contribution in [3.05, 3.63) is 76.2 Å². The van der Waals surface area contributed by atoms with Crippen LogP contribution in [0.3, 0.4) is 0 Å². The van der Waals surface area contributed by atoms with E-state index in [0.717, 1.165) is 54.1 Å². The number of aromatic nitrogens is 2. The molecule has 1 fully saturated rings. The Morgan fingerprint density at radius 1 is 1.06 bits per heavy atom. The monoisotopic (exact) mass is 413 g/mol. The number of carbonyl (C=O) groups excluding carboxylic acids is 1. The summed E-state index contributed by atoms with van der Waals surface area (Å²) in [6.07, 6.45) is 6.95. The highest BCUT2D eigenvalue weighted by Gasteiger charge is 2.25. The van der Waals surface area contributed by atoms with Crippen LogP contribution in [-0.2, 0) is 13.5 Å². The lowest BCUT2D eigenvalue weighted by atomic mass is 10.1. The van der Waals surface area contributed by atoms with Crippen molar-refractivity contribution in [2.45, 2.75) is 45.1 Å². The van der Waals surface area contributed by atoms with Crippen LogP contribution in [0.4, 0.5) is 5.69 Å². The Morgan fingerprint density at radius 3 is 2.48 bits per heavy atom. The molecule has 1 aliphatic rings. The fraction of sp³-hybridized carbons (Fsp3) is 0.308. The molecular formula is C26H27N3O2. The van der Waals surface area contributed by atoms with Crippen molar-refractivity contribution in [2.75, 3.05) is 5.32 Å². The van der Waals surface area contributed by atoms with Crippen LogP contribution >= 0.6 is 0 Å². The van der Waals surface area contributed by atoms with Crippen LogP contribution < -0.4 is 10.9 Å². The number of hydrogen-bond donors (Lipinski definition) is 1. The molecule has 2 aromatic heterocycles. The quantitative estimate of drug-likeness (QED) is 0.485. The lowest BCUT2D eigenvalue weighted by molar-refractivity contribution is 0.102. The molecule has 2 aromatic carbocycles. The first-order valence-electron chi connectivity index (χ1n) is 11.1. The second-order valence-corrected chi connectivity index (χ2v) is 8.50. The normalized spacial score (nSPS) is 14.5. The summed E-state index contributed by atoms with van der Waals surface area (Å²) in [6.45, 7) is 2.11. The maximum absolute atomic E-state index is 13.5. The van der Waals surface area contributed by atoms with Gasteiger partial charge in [0, 0.05) is 41.3 Å². The fourth-order valence-electron chi connectivity index (χ4n) is 4.95. The van der Waals surface area contributed by atoms with Crippen molar-refractivity contribution < 1.29 is 4.79 Å². The zero-order valence-electron chi connectivity index (χ0n) is 18.0. The minimum atomic E-state index is -0.183. The maximum Gasteiger partial charge on any atom is 0.275 e. The van der Waals surface area contributed by atoms with E-state index in [-0.39, 0.29) is 17.5 Å². The molecule has 0 bridgehead atoms. The Kier molecular flexibility index (Phi) is 4.89. The largest absolute Gasteiger partial charge is 0.339 e. The van der Waals surface area contributed by atoms with Crippen molar-refractivity contribution in [1.29, 1.82) is 0 Å². The predicted molar refractivity (Wildman–Crippen MR) is 126 cm³/mol. The van der Waals surface area contributed by atoms with Crippen molar-refractivity contribution in [3.63, 3.8) is 0 Å². The van der Waals surface area contributed by atoms with Crippen LogP contribution in [0.1, 0.15) is 54.6 Å². The van der Waals surface area contributed by atoms with Crippen molar-refractivity contribution in [2.24, 2.45) is 7.05 Å². The number of amides is 1. The Labute approximate surface area is 181 Å². The average molecular weight is 414 g/mol. The second-order valence-electron chi connectivity index (χ2n) is 8.50. The van der Waals surface area contributed by atoms with Gasteiger partial charge in [-0.1, -0.05) is 50.1 Å². The molecule has 1 aliphatic carbocycles. The minimum Gasteiger partial charge on any atom is -0.339 e. The summed E-state index contributed by atoms with van der Waals surface area (Å²) < 4.78 is 3.74. The topological polar surface area (TPSA) is 56.0 Å². The lowest BCUT2D eigenvalue weighted by Crippen LogP contribution is -2.27. The van der Waals surface area contributed by atoms with Gasteiger partial charge in [-0.15, -0.1) is 0 Å². The molecule has 5 heteroatoms. The zero-order valence-corrected chi connectivity index (χ0v) is 18.0. The molecule has 5 nitrogen and oxygen atoms in total. The third kappa shape index (κ3) is 3.25. The Balaban J connectivity index is 1.71. The van der Waals surface area contributed by atoms with E-state index in [1.807, 2.05) is 64.7 Å². The Bertz CT molecular complexity index is 1340. The fourth-order valence-corrected chi connectivity index (χ4v) is 4.95. The number of rotatable bonds is 4. The molecule has 1 amide bonds. The van der Waals surface area contributed by atoms with E-state index in [0.29, 0.717) is 11.1 Å². The molecule has 158 valence electrons. The molecular weight excluding hydrogens is 386 g/mol. The zero-order chi connectivity index (χ0) is 21.5. The summed E-state index contributed by atoms with van der Waals surface area (Å²) in [7, 11) is 1.91. The maximum atomic E-state index is 13.5. The van der Waals surface area contributed by atoms with E-state index in [2.05, 4.69) is 12.2 Å². The highest BCUT2D eigenvalue weighted by atomic mass is 16.2. The molecule has 2 heterocycles. The van der Waals surface area contributed by atoms with Crippen LogP contribution in [0.2, 0.25) is 0 Å². The number of carbonyl (C=O) groups is 1. The molecule has 0 spiro atoms. The first-order valence-corrected chi connectivity index (χ1v) is 11.1. The summed E-state index contributed by atoms with van der Waals surface area (Å²) >= 11 is 0. The molecule has 0 aliphatic heterocycles. The van der Waals surface area contributed by atoms with Crippen LogP contribution in [0, 0.1) is 0 Å². The van der Waals surface area contributed by atoms with Crippen LogP contribution in [-0.4, -0.2) is 15.0 Å². The van der Waals surface area contributed by atoms with Crippen LogP contribution in [0.25, 0.3) is 21.8 Å². The van der Waals surface area contributed by atoms with Gasteiger partial charge in [-0.3, -0.25) is 9.59 Å². The number of fused-ring (bicyclic) bond motifs is 3. The SMILES string of the molecule is CCc1ccc(NC(=O)c2cn(C3CCCC3)c(=O)c3c2c2ccccc2n3C)cc1. The van der Waals surface area contributed by atoms with Gasteiger partial charge in [0.05, 0.1) is 5.56 Å². The highest BCUT2D eigenvalue weighted by molar-refractivity contribution is 6.20. The van der Waals surface area contributed by atoms with E-state index in [9.17, 15) is 9.59 Å². The van der Waals surface area contributed by atoms with Gasteiger partial charge in [-0.25, -0.2) is 0 Å². The molecule has 0 radical (unpaired) electrons. The number of para-hydroxylation sites is 1. The number of nitrogens with one attached hydrogen (secondary N) is 1. The van der Waals surface area contributed by atoms with Crippen LogP contribution in [0.5, 0.6) is 0 Å². The Hall–Kier alpha value is -3.34. The highest BCUT2D eigenvalue weighted by Crippen LogP contribution is 2.33. The minimum absolute atomic E-state index is 0.00977. The first-order chi connectivity index (χ1) is 15.1. The summed E-state index contributed by atoms with van der Waals surface area (Å²) in [4.78, 5) is 27.0. The lowest BCUT2D eigenvalue weighted by Gasteiger charge is -2.17. The summed E-state index contributed by atoms with van der Waals surface area (Å²) in [5.41, 5.74) is 4.09. The summed E-state index contributed by atoms with van der Waals surface area (Å²) in [6, 6.07) is 16.0. The third-order valence-electron chi connectivity index (χ3n) is 6.66. The molecule has 1 saturated carbocycles. The van der Waals surface area contributed by atoms with Gasteiger partial charge < -0.3 is 14.5 Å². The van der Waals surface area contributed by atoms with Crippen molar-refractivity contribution in [3.8, 4) is 0 Å². The van der Waals surface area contributed by atoms with Crippen molar-refractivity contribution >= 4 is 33.4 Å². The van der Waals surface area contributed by atoms with Gasteiger partial charge in [0.2, 0.25) is 0 Å². The molecule has 0 saturated heterocycles. The number of anilines is 1. The van der Waals surface area contributed by atoms with Crippen molar-refractivity contribution in [1.82, 2.24) is 9.13 Å². The number of hydrogen-bond acceptors (Lipinski definition) is 2. The smallest absolute Gasteiger partial charge is 0.275 e. The van der Waals surface area contributed by atoms with E-state index in [4.69, 9.17) is 0 Å². The molecule has 0 atom stereocenters. The molecule has 4 aromatic rings. The number of aryl methyl sites for hydroxylation is 2. The first kappa shape index (κ1) is 19.6. The average Bonchev–Trinajstić information content (AvgIpc) is 3.42. The molecule has 1 N–H and O–H groups in total. The molecule has 31 heavy (non-hydrogen) atoms. The molecule has 5 rings (SSSR count). The third-order valence-corrected chi connectivity index (χ3v) is 6.66. The van der Waals surface area contributed by atoms with Crippen LogP contribution in [0.15, 0.2) is 59.5 Å². The van der Waals surface area contributed by atoms with Gasteiger partial charge in [-0.05, 0) is 43.0 Å². The summed E-state index contributed by atoms with van der Waals surface area (Å²) in [5.74, 6) is -0.183. The van der Waals surface area contributed by atoms with E-state index >= 15 is 0 Å².